The number of carbonyl (C=O) groups is 2. The highest BCUT2D eigenvalue weighted by molar-refractivity contribution is 6.00. The van der Waals surface area contributed by atoms with Crippen LogP contribution < -0.4 is 10.1 Å². The summed E-state index contributed by atoms with van der Waals surface area (Å²) >= 11 is 0. The predicted molar refractivity (Wildman–Crippen MR) is 99.1 cm³/mol. The van der Waals surface area contributed by atoms with Gasteiger partial charge in [-0.25, -0.2) is 0 Å². The zero-order valence-corrected chi connectivity index (χ0v) is 14.0. The van der Waals surface area contributed by atoms with E-state index in [4.69, 9.17) is 4.74 Å². The van der Waals surface area contributed by atoms with Crippen molar-refractivity contribution in [2.24, 2.45) is 0 Å². The molecule has 0 radical (unpaired) electrons. The van der Waals surface area contributed by atoms with E-state index < -0.39 is 0 Å². The maximum absolute atomic E-state index is 12.2. The second-order valence-corrected chi connectivity index (χ2v) is 5.76. The largest absolute Gasteiger partial charge is 0.497 e. The van der Waals surface area contributed by atoms with E-state index >= 15 is 0 Å². The molecular weight excluding hydrogens is 314 g/mol. The molecule has 0 aliphatic heterocycles. The number of methoxy groups -OCH3 is 1. The Labute approximate surface area is 146 Å². The van der Waals surface area contributed by atoms with Gasteiger partial charge in [0.1, 0.15) is 5.75 Å². The Morgan fingerprint density at radius 1 is 0.880 bits per heavy atom. The second kappa shape index (κ2) is 7.62. The molecule has 0 fully saturated rings. The fourth-order valence-electron chi connectivity index (χ4n) is 2.64. The zero-order valence-electron chi connectivity index (χ0n) is 14.0. The van der Waals surface area contributed by atoms with Gasteiger partial charge >= 0.3 is 0 Å². The Bertz CT molecular complexity index is 900. The van der Waals surface area contributed by atoms with E-state index in [9.17, 15) is 9.59 Å². The molecule has 0 saturated heterocycles. The normalized spacial score (nSPS) is 10.4. The second-order valence-electron chi connectivity index (χ2n) is 5.76. The van der Waals surface area contributed by atoms with E-state index in [1.165, 1.54) is 0 Å². The molecule has 1 amide bonds. The molecule has 25 heavy (non-hydrogen) atoms. The maximum atomic E-state index is 12.2. The standard InChI is InChI=1S/C21H19NO3/c1-25-19-10-7-16(8-11-19)20(23)12-13-21(24)22-18-9-6-15-4-2-3-5-17(15)14-18/h2-11,14H,12-13H2,1H3,(H,22,24). The lowest BCUT2D eigenvalue weighted by Crippen LogP contribution is -2.13. The topological polar surface area (TPSA) is 55.4 Å². The van der Waals surface area contributed by atoms with Gasteiger partial charge in [-0.1, -0.05) is 30.3 Å². The van der Waals surface area contributed by atoms with Crippen molar-refractivity contribution in [2.75, 3.05) is 12.4 Å². The van der Waals surface area contributed by atoms with Gasteiger partial charge in [-0.05, 0) is 47.2 Å². The highest BCUT2D eigenvalue weighted by Crippen LogP contribution is 2.19. The van der Waals surface area contributed by atoms with Crippen LogP contribution in [0.2, 0.25) is 0 Å². The summed E-state index contributed by atoms with van der Waals surface area (Å²) in [7, 11) is 1.58. The summed E-state index contributed by atoms with van der Waals surface area (Å²) in [6.45, 7) is 0. The summed E-state index contributed by atoms with van der Waals surface area (Å²) in [4.78, 5) is 24.3. The molecule has 0 heterocycles. The van der Waals surface area contributed by atoms with E-state index in [1.807, 2.05) is 42.5 Å². The highest BCUT2D eigenvalue weighted by Gasteiger charge is 2.10. The molecule has 126 valence electrons. The van der Waals surface area contributed by atoms with Crippen LogP contribution in [-0.4, -0.2) is 18.8 Å². The Morgan fingerprint density at radius 2 is 1.60 bits per heavy atom. The van der Waals surface area contributed by atoms with Gasteiger partial charge in [0.25, 0.3) is 0 Å². The van der Waals surface area contributed by atoms with Gasteiger partial charge in [-0.2, -0.15) is 0 Å². The number of rotatable bonds is 6. The molecule has 3 rings (SSSR count). The quantitative estimate of drug-likeness (QED) is 0.678. The number of benzene rings is 3. The molecule has 0 saturated carbocycles. The number of ketones is 1. The molecule has 1 N–H and O–H groups in total. The molecular formula is C21H19NO3. The Balaban J connectivity index is 1.57. The summed E-state index contributed by atoms with van der Waals surface area (Å²) < 4.78 is 5.07. The monoisotopic (exact) mass is 333 g/mol. The minimum absolute atomic E-state index is 0.0590. The average molecular weight is 333 g/mol. The number of fused-ring (bicyclic) bond motifs is 1. The van der Waals surface area contributed by atoms with E-state index in [1.54, 1.807) is 31.4 Å². The van der Waals surface area contributed by atoms with Crippen molar-refractivity contribution in [2.45, 2.75) is 12.8 Å². The van der Waals surface area contributed by atoms with Crippen LogP contribution in [0.15, 0.2) is 66.7 Å². The lowest BCUT2D eigenvalue weighted by Gasteiger charge is -2.07. The van der Waals surface area contributed by atoms with Gasteiger partial charge in [0, 0.05) is 24.1 Å². The zero-order chi connectivity index (χ0) is 17.6. The van der Waals surface area contributed by atoms with E-state index in [0.717, 1.165) is 16.5 Å². The number of Topliss-reactive ketones (excluding diaryl/α,β-unsaturated/α-hetero) is 1. The predicted octanol–water partition coefficient (Wildman–Crippen LogP) is 4.45. The number of amides is 1. The molecule has 3 aromatic carbocycles. The lowest BCUT2D eigenvalue weighted by atomic mass is 10.1. The summed E-state index contributed by atoms with van der Waals surface area (Å²) in [5.74, 6) is 0.471. The van der Waals surface area contributed by atoms with Crippen molar-refractivity contribution >= 4 is 28.2 Å². The first-order valence-electron chi connectivity index (χ1n) is 8.11. The smallest absolute Gasteiger partial charge is 0.224 e. The van der Waals surface area contributed by atoms with Crippen LogP contribution in [0.4, 0.5) is 5.69 Å². The van der Waals surface area contributed by atoms with Crippen molar-refractivity contribution in [3.05, 3.63) is 72.3 Å². The molecule has 0 spiro atoms. The van der Waals surface area contributed by atoms with Crippen molar-refractivity contribution in [1.29, 1.82) is 0 Å². The van der Waals surface area contributed by atoms with Gasteiger partial charge in [-0.3, -0.25) is 9.59 Å². The van der Waals surface area contributed by atoms with Crippen LogP contribution in [-0.2, 0) is 4.79 Å². The first kappa shape index (κ1) is 16.7. The molecule has 0 aliphatic carbocycles. The molecule has 0 bridgehead atoms. The van der Waals surface area contributed by atoms with Crippen LogP contribution in [0.3, 0.4) is 0 Å². The molecule has 3 aromatic rings. The molecule has 4 heteroatoms. The van der Waals surface area contributed by atoms with Crippen LogP contribution in [0, 0.1) is 0 Å². The van der Waals surface area contributed by atoms with Crippen molar-refractivity contribution < 1.29 is 14.3 Å². The first-order chi connectivity index (χ1) is 12.2. The third kappa shape index (κ3) is 4.23. The number of anilines is 1. The number of hydrogen-bond acceptors (Lipinski definition) is 3. The summed E-state index contributed by atoms with van der Waals surface area (Å²) in [6.07, 6.45) is 0.323. The van der Waals surface area contributed by atoms with Crippen LogP contribution in [0.25, 0.3) is 10.8 Å². The first-order valence-corrected chi connectivity index (χ1v) is 8.11. The number of hydrogen-bond donors (Lipinski definition) is 1. The van der Waals surface area contributed by atoms with Gasteiger partial charge in [0.15, 0.2) is 5.78 Å². The SMILES string of the molecule is COc1ccc(C(=O)CCC(=O)Nc2ccc3ccccc3c2)cc1. The van der Waals surface area contributed by atoms with Crippen molar-refractivity contribution in [3.8, 4) is 5.75 Å². The highest BCUT2D eigenvalue weighted by atomic mass is 16.5. The van der Waals surface area contributed by atoms with E-state index in [2.05, 4.69) is 5.32 Å². The maximum Gasteiger partial charge on any atom is 0.224 e. The molecule has 0 aromatic heterocycles. The van der Waals surface area contributed by atoms with Crippen LogP contribution in [0.1, 0.15) is 23.2 Å². The van der Waals surface area contributed by atoms with Gasteiger partial charge in [-0.15, -0.1) is 0 Å². The lowest BCUT2D eigenvalue weighted by molar-refractivity contribution is -0.116. The fourth-order valence-corrected chi connectivity index (χ4v) is 2.64. The third-order valence-electron chi connectivity index (χ3n) is 4.02. The van der Waals surface area contributed by atoms with Gasteiger partial charge in [0.05, 0.1) is 7.11 Å². The van der Waals surface area contributed by atoms with Gasteiger partial charge in [0.2, 0.25) is 5.91 Å². The van der Waals surface area contributed by atoms with Crippen LogP contribution >= 0.6 is 0 Å². The van der Waals surface area contributed by atoms with Crippen molar-refractivity contribution in [3.63, 3.8) is 0 Å². The summed E-state index contributed by atoms with van der Waals surface area (Å²) in [5.41, 5.74) is 1.32. The summed E-state index contributed by atoms with van der Waals surface area (Å²) in [6, 6.07) is 20.6. The third-order valence-corrected chi connectivity index (χ3v) is 4.02. The minimum atomic E-state index is -0.169. The molecule has 0 unspecified atom stereocenters. The number of nitrogens with one attached hydrogen (secondary N) is 1. The van der Waals surface area contributed by atoms with Crippen molar-refractivity contribution in [1.82, 2.24) is 0 Å². The van der Waals surface area contributed by atoms with E-state index in [0.29, 0.717) is 11.3 Å². The molecule has 0 atom stereocenters. The minimum Gasteiger partial charge on any atom is -0.497 e. The van der Waals surface area contributed by atoms with Crippen LogP contribution in [0.5, 0.6) is 5.75 Å². The number of ether oxygens (including phenoxy) is 1. The Morgan fingerprint density at radius 3 is 2.32 bits per heavy atom. The van der Waals surface area contributed by atoms with E-state index in [-0.39, 0.29) is 24.5 Å². The Kier molecular flexibility index (Phi) is 5.09. The van der Waals surface area contributed by atoms with Gasteiger partial charge < -0.3 is 10.1 Å². The fraction of sp³-hybridized carbons (Fsp3) is 0.143. The number of carbonyl (C=O) groups excluding carboxylic acids is 2. The molecule has 4 nitrogen and oxygen atoms in total. The summed E-state index contributed by atoms with van der Waals surface area (Å²) in [5, 5.41) is 5.03. The molecule has 0 aliphatic rings. The Hall–Kier alpha value is -3.14. The average Bonchev–Trinajstić information content (AvgIpc) is 2.66.